The molecule has 0 saturated heterocycles. The van der Waals surface area contributed by atoms with Crippen LogP contribution in [0.25, 0.3) is 0 Å². The van der Waals surface area contributed by atoms with Crippen molar-refractivity contribution in [2.75, 3.05) is 6.61 Å². The maximum absolute atomic E-state index is 5.27. The minimum absolute atomic E-state index is 0.00725. The number of benzene rings is 1. The van der Waals surface area contributed by atoms with Crippen molar-refractivity contribution in [3.8, 4) is 0 Å². The molecule has 2 nitrogen and oxygen atoms in total. The van der Waals surface area contributed by atoms with Crippen LogP contribution in [0.5, 0.6) is 0 Å². The van der Waals surface area contributed by atoms with Crippen molar-refractivity contribution in [3.05, 3.63) is 35.9 Å². The van der Waals surface area contributed by atoms with Crippen LogP contribution >= 0.6 is 0 Å². The first kappa shape index (κ1) is 12.2. The molecule has 1 rings (SSSR count). The Labute approximate surface area is 92.1 Å². The summed E-state index contributed by atoms with van der Waals surface area (Å²) in [6.45, 7) is 4.85. The molecule has 0 fully saturated rings. The second-order valence-electron chi connectivity index (χ2n) is 3.68. The van der Waals surface area contributed by atoms with Crippen LogP contribution in [0.4, 0.5) is 0 Å². The molecule has 15 heavy (non-hydrogen) atoms. The maximum Gasteiger partial charge on any atom is 0.115 e. The first-order valence-electron chi connectivity index (χ1n) is 5.67. The van der Waals surface area contributed by atoms with Crippen LogP contribution in [0.15, 0.2) is 30.3 Å². The molecule has 0 radical (unpaired) electrons. The van der Waals surface area contributed by atoms with E-state index in [4.69, 9.17) is 9.78 Å². The van der Waals surface area contributed by atoms with E-state index in [9.17, 15) is 0 Å². The third kappa shape index (κ3) is 4.96. The van der Waals surface area contributed by atoms with Gasteiger partial charge in [-0.2, -0.15) is 0 Å². The second-order valence-corrected chi connectivity index (χ2v) is 3.68. The topological polar surface area (TPSA) is 18.5 Å². The highest BCUT2D eigenvalue weighted by Crippen LogP contribution is 2.16. The molecule has 1 aromatic carbocycles. The third-order valence-electron chi connectivity index (χ3n) is 2.31. The fourth-order valence-electron chi connectivity index (χ4n) is 1.34. The van der Waals surface area contributed by atoms with Crippen LogP contribution in [0.2, 0.25) is 0 Å². The molecule has 2 heteroatoms. The summed E-state index contributed by atoms with van der Waals surface area (Å²) in [6, 6.07) is 10.1. The number of hydrogen-bond donors (Lipinski definition) is 0. The summed E-state index contributed by atoms with van der Waals surface area (Å²) in [6.07, 6.45) is 3.48. The van der Waals surface area contributed by atoms with E-state index in [2.05, 4.69) is 6.92 Å². The van der Waals surface area contributed by atoms with Crippen LogP contribution in [-0.4, -0.2) is 6.61 Å². The van der Waals surface area contributed by atoms with Crippen molar-refractivity contribution in [1.82, 2.24) is 0 Å². The number of rotatable bonds is 7. The largest absolute Gasteiger partial charge is 0.236 e. The van der Waals surface area contributed by atoms with Gasteiger partial charge in [-0.15, -0.1) is 0 Å². The average molecular weight is 208 g/mol. The van der Waals surface area contributed by atoms with Gasteiger partial charge in [0.25, 0.3) is 0 Å². The highest BCUT2D eigenvalue weighted by Gasteiger charge is 2.04. The smallest absolute Gasteiger partial charge is 0.115 e. The second kappa shape index (κ2) is 7.43. The molecule has 0 N–H and O–H groups in total. The Morgan fingerprint density at radius 2 is 1.87 bits per heavy atom. The summed E-state index contributed by atoms with van der Waals surface area (Å²) in [4.78, 5) is 10.4. The normalized spacial score (nSPS) is 12.7. The van der Waals surface area contributed by atoms with Crippen molar-refractivity contribution in [2.45, 2.75) is 39.2 Å². The van der Waals surface area contributed by atoms with Gasteiger partial charge in [-0.1, -0.05) is 50.1 Å². The van der Waals surface area contributed by atoms with E-state index in [1.54, 1.807) is 0 Å². The van der Waals surface area contributed by atoms with Crippen LogP contribution in [0.3, 0.4) is 0 Å². The van der Waals surface area contributed by atoms with Gasteiger partial charge in [0.15, 0.2) is 0 Å². The summed E-state index contributed by atoms with van der Waals surface area (Å²) in [5.74, 6) is 0. The lowest BCUT2D eigenvalue weighted by Crippen LogP contribution is -2.02. The molecular formula is C13H20O2. The summed E-state index contributed by atoms with van der Waals surface area (Å²) in [5, 5.41) is 0. The van der Waals surface area contributed by atoms with E-state index in [-0.39, 0.29) is 6.10 Å². The Hall–Kier alpha value is -0.860. The lowest BCUT2D eigenvalue weighted by Gasteiger charge is -2.11. The van der Waals surface area contributed by atoms with E-state index in [1.165, 1.54) is 12.8 Å². The van der Waals surface area contributed by atoms with Gasteiger partial charge in [-0.05, 0) is 18.9 Å². The van der Waals surface area contributed by atoms with Crippen LogP contribution in [0.1, 0.15) is 44.8 Å². The highest BCUT2D eigenvalue weighted by atomic mass is 17.2. The predicted octanol–water partition coefficient (Wildman–Crippen LogP) is 3.89. The van der Waals surface area contributed by atoms with Crippen LogP contribution in [-0.2, 0) is 9.78 Å². The van der Waals surface area contributed by atoms with Crippen LogP contribution in [0, 0.1) is 0 Å². The third-order valence-corrected chi connectivity index (χ3v) is 2.31. The summed E-state index contributed by atoms with van der Waals surface area (Å²) >= 11 is 0. The van der Waals surface area contributed by atoms with Crippen molar-refractivity contribution < 1.29 is 9.78 Å². The van der Waals surface area contributed by atoms with Gasteiger partial charge in [-0.3, -0.25) is 0 Å². The summed E-state index contributed by atoms with van der Waals surface area (Å²) in [7, 11) is 0. The van der Waals surface area contributed by atoms with Gasteiger partial charge in [-0.25, -0.2) is 9.78 Å². The van der Waals surface area contributed by atoms with Crippen molar-refractivity contribution in [3.63, 3.8) is 0 Å². The maximum atomic E-state index is 5.27. The van der Waals surface area contributed by atoms with Gasteiger partial charge >= 0.3 is 0 Å². The first-order chi connectivity index (χ1) is 7.34. The molecule has 0 aromatic heterocycles. The molecule has 1 aromatic rings. The molecule has 0 amide bonds. The molecule has 0 saturated carbocycles. The highest BCUT2D eigenvalue weighted by molar-refractivity contribution is 5.16. The van der Waals surface area contributed by atoms with Crippen molar-refractivity contribution in [1.29, 1.82) is 0 Å². The molecule has 84 valence electrons. The first-order valence-corrected chi connectivity index (χ1v) is 5.67. The Morgan fingerprint density at radius 3 is 2.53 bits per heavy atom. The zero-order valence-corrected chi connectivity index (χ0v) is 9.61. The monoisotopic (exact) mass is 208 g/mol. The minimum atomic E-state index is 0.00725. The molecule has 0 bridgehead atoms. The molecule has 0 heterocycles. The fourth-order valence-corrected chi connectivity index (χ4v) is 1.34. The standard InChI is InChI=1S/C13H20O2/c1-3-4-8-11-14-15-12(2)13-9-6-5-7-10-13/h5-7,9-10,12H,3-4,8,11H2,1-2H3. The van der Waals surface area contributed by atoms with Crippen LogP contribution < -0.4 is 0 Å². The fraction of sp³-hybridized carbons (Fsp3) is 0.538. The Balaban J connectivity index is 2.16. The van der Waals surface area contributed by atoms with Gasteiger partial charge < -0.3 is 0 Å². The van der Waals surface area contributed by atoms with Gasteiger partial charge in [0.05, 0.1) is 6.61 Å². The zero-order valence-electron chi connectivity index (χ0n) is 9.61. The van der Waals surface area contributed by atoms with Gasteiger partial charge in [0.1, 0.15) is 6.10 Å². The predicted molar refractivity (Wildman–Crippen MR) is 61.4 cm³/mol. The van der Waals surface area contributed by atoms with E-state index >= 15 is 0 Å². The van der Waals surface area contributed by atoms with E-state index in [0.717, 1.165) is 12.0 Å². The number of hydrogen-bond acceptors (Lipinski definition) is 2. The van der Waals surface area contributed by atoms with Crippen molar-refractivity contribution in [2.24, 2.45) is 0 Å². The summed E-state index contributed by atoms with van der Waals surface area (Å²) in [5.41, 5.74) is 1.15. The van der Waals surface area contributed by atoms with Crippen molar-refractivity contribution >= 4 is 0 Å². The molecule has 1 unspecified atom stereocenters. The average Bonchev–Trinajstić information content (AvgIpc) is 2.30. The molecule has 0 aliphatic rings. The molecule has 0 spiro atoms. The quantitative estimate of drug-likeness (QED) is 0.384. The van der Waals surface area contributed by atoms with Gasteiger partial charge in [0.2, 0.25) is 0 Å². The molecule has 0 aliphatic heterocycles. The minimum Gasteiger partial charge on any atom is -0.236 e. The lowest BCUT2D eigenvalue weighted by atomic mass is 10.1. The molecule has 0 aliphatic carbocycles. The summed E-state index contributed by atoms with van der Waals surface area (Å²) < 4.78 is 0. The SMILES string of the molecule is CCCCCOOC(C)c1ccccc1. The Bertz CT molecular complexity index is 246. The van der Waals surface area contributed by atoms with Gasteiger partial charge in [0, 0.05) is 0 Å². The van der Waals surface area contributed by atoms with E-state index in [0.29, 0.717) is 6.61 Å². The van der Waals surface area contributed by atoms with E-state index < -0.39 is 0 Å². The zero-order chi connectivity index (χ0) is 10.9. The van der Waals surface area contributed by atoms with E-state index in [1.807, 2.05) is 37.3 Å². The Kier molecular flexibility index (Phi) is 6.05. The number of unbranched alkanes of at least 4 members (excludes halogenated alkanes) is 2. The molecular weight excluding hydrogens is 188 g/mol. The lowest BCUT2D eigenvalue weighted by molar-refractivity contribution is -0.324. The Morgan fingerprint density at radius 1 is 1.13 bits per heavy atom. The molecule has 1 atom stereocenters.